The van der Waals surface area contributed by atoms with Gasteiger partial charge in [0.15, 0.2) is 5.11 Å². The third-order valence-corrected chi connectivity index (χ3v) is 5.09. The van der Waals surface area contributed by atoms with Crippen LogP contribution in [0, 0.1) is 0 Å². The molecule has 0 saturated heterocycles. The quantitative estimate of drug-likeness (QED) is 0.277. The lowest BCUT2D eigenvalue weighted by molar-refractivity contribution is -0.115. The van der Waals surface area contributed by atoms with Gasteiger partial charge in [0.25, 0.3) is 5.91 Å². The molecule has 31 heavy (non-hydrogen) atoms. The van der Waals surface area contributed by atoms with Crippen molar-refractivity contribution in [2.45, 2.75) is 46.0 Å². The Morgan fingerprint density at radius 2 is 1.74 bits per heavy atom. The molecule has 0 fully saturated rings. The predicted molar refractivity (Wildman–Crippen MR) is 133 cm³/mol. The number of rotatable bonds is 10. The number of thiocarbonyl (C=S) groups is 1. The van der Waals surface area contributed by atoms with Crippen LogP contribution in [0.5, 0.6) is 5.75 Å². The molecule has 6 nitrogen and oxygen atoms in total. The van der Waals surface area contributed by atoms with Crippen molar-refractivity contribution in [1.29, 1.82) is 0 Å². The van der Waals surface area contributed by atoms with Crippen molar-refractivity contribution in [2.75, 3.05) is 17.2 Å². The second-order valence-electron chi connectivity index (χ2n) is 6.94. The third kappa shape index (κ3) is 8.67. The number of anilines is 2. The first-order valence-electron chi connectivity index (χ1n) is 10.4. The fraction of sp³-hybridized carbons (Fsp3) is 0.348. The van der Waals surface area contributed by atoms with Crippen molar-refractivity contribution in [2.24, 2.45) is 0 Å². The van der Waals surface area contributed by atoms with Gasteiger partial charge in [-0.2, -0.15) is 0 Å². The van der Waals surface area contributed by atoms with Gasteiger partial charge in [0, 0.05) is 22.3 Å². The molecular weight excluding hydrogens is 478 g/mol. The van der Waals surface area contributed by atoms with Gasteiger partial charge in [-0.25, -0.2) is 0 Å². The average molecular weight is 506 g/mol. The second-order valence-corrected chi connectivity index (χ2v) is 8.26. The summed E-state index contributed by atoms with van der Waals surface area (Å²) in [7, 11) is 0. The summed E-state index contributed by atoms with van der Waals surface area (Å²) in [5, 5.41) is 8.60. The monoisotopic (exact) mass is 505 g/mol. The summed E-state index contributed by atoms with van der Waals surface area (Å²) in [5.41, 5.74) is 1.70. The second kappa shape index (κ2) is 13.1. The highest BCUT2D eigenvalue weighted by Crippen LogP contribution is 2.24. The molecule has 0 aliphatic heterocycles. The largest absolute Gasteiger partial charge is 0.493 e. The number of nitrogens with one attached hydrogen (secondary N) is 3. The molecule has 8 heteroatoms. The zero-order valence-corrected chi connectivity index (χ0v) is 20.2. The molecule has 0 atom stereocenters. The van der Waals surface area contributed by atoms with Crippen LogP contribution in [-0.4, -0.2) is 23.5 Å². The van der Waals surface area contributed by atoms with Crippen LogP contribution in [0.15, 0.2) is 46.9 Å². The number of halogens is 1. The Hall–Kier alpha value is -2.45. The SMILES string of the molecule is CCCCCCOc1ccc(Br)cc1C(=O)NC(=S)Nc1cccc(NC(=O)CC)c1. The number of carbonyl (C=O) groups excluding carboxylic acids is 2. The normalized spacial score (nSPS) is 10.3. The number of unbranched alkanes of at least 4 members (excludes halogenated alkanes) is 3. The van der Waals surface area contributed by atoms with Crippen LogP contribution in [0.2, 0.25) is 0 Å². The Kier molecular flexibility index (Phi) is 10.5. The van der Waals surface area contributed by atoms with Crippen molar-refractivity contribution >= 4 is 56.4 Å². The lowest BCUT2D eigenvalue weighted by Gasteiger charge is -2.14. The Morgan fingerprint density at radius 1 is 1.00 bits per heavy atom. The molecule has 3 N–H and O–H groups in total. The minimum absolute atomic E-state index is 0.0788. The maximum Gasteiger partial charge on any atom is 0.261 e. The molecule has 2 aromatic carbocycles. The van der Waals surface area contributed by atoms with Gasteiger partial charge in [0.05, 0.1) is 12.2 Å². The maximum atomic E-state index is 12.8. The molecule has 0 bridgehead atoms. The van der Waals surface area contributed by atoms with Gasteiger partial charge in [0.2, 0.25) is 5.91 Å². The molecule has 0 spiro atoms. The molecule has 166 valence electrons. The lowest BCUT2D eigenvalue weighted by Crippen LogP contribution is -2.34. The maximum absolute atomic E-state index is 12.8. The molecule has 0 aromatic heterocycles. The van der Waals surface area contributed by atoms with E-state index in [1.54, 1.807) is 43.3 Å². The van der Waals surface area contributed by atoms with E-state index < -0.39 is 0 Å². The Balaban J connectivity index is 1.99. The fourth-order valence-corrected chi connectivity index (χ4v) is 3.34. The van der Waals surface area contributed by atoms with Gasteiger partial charge in [-0.1, -0.05) is 55.1 Å². The number of benzene rings is 2. The zero-order chi connectivity index (χ0) is 22.6. The molecule has 0 aliphatic carbocycles. The highest BCUT2D eigenvalue weighted by atomic mass is 79.9. The Bertz CT molecular complexity index is 921. The molecule has 2 aromatic rings. The van der Waals surface area contributed by atoms with E-state index in [-0.39, 0.29) is 16.9 Å². The van der Waals surface area contributed by atoms with Crippen LogP contribution in [0.25, 0.3) is 0 Å². The van der Waals surface area contributed by atoms with Crippen molar-refractivity contribution in [1.82, 2.24) is 5.32 Å². The third-order valence-electron chi connectivity index (χ3n) is 4.39. The van der Waals surface area contributed by atoms with Crippen LogP contribution >= 0.6 is 28.1 Å². The first kappa shape index (κ1) is 24.8. The highest BCUT2D eigenvalue weighted by Gasteiger charge is 2.15. The average Bonchev–Trinajstić information content (AvgIpc) is 2.74. The van der Waals surface area contributed by atoms with E-state index in [9.17, 15) is 9.59 Å². The number of carbonyl (C=O) groups is 2. The van der Waals surface area contributed by atoms with Gasteiger partial charge >= 0.3 is 0 Å². The zero-order valence-electron chi connectivity index (χ0n) is 17.8. The minimum atomic E-state index is -0.363. The van der Waals surface area contributed by atoms with Gasteiger partial charge in [-0.05, 0) is 55.0 Å². The lowest BCUT2D eigenvalue weighted by atomic mass is 10.2. The van der Waals surface area contributed by atoms with Crippen LogP contribution in [0.3, 0.4) is 0 Å². The van der Waals surface area contributed by atoms with Crippen LogP contribution in [-0.2, 0) is 4.79 Å². The summed E-state index contributed by atoms with van der Waals surface area (Å²) in [5.74, 6) is 0.0759. The first-order chi connectivity index (χ1) is 14.9. The van der Waals surface area contributed by atoms with Crippen molar-refractivity contribution < 1.29 is 14.3 Å². The van der Waals surface area contributed by atoms with Gasteiger partial charge in [-0.15, -0.1) is 0 Å². The van der Waals surface area contributed by atoms with E-state index in [1.807, 2.05) is 6.07 Å². The van der Waals surface area contributed by atoms with Crippen LogP contribution < -0.4 is 20.7 Å². The predicted octanol–water partition coefficient (Wildman–Crippen LogP) is 5.88. The van der Waals surface area contributed by atoms with Crippen molar-refractivity contribution in [3.05, 3.63) is 52.5 Å². The summed E-state index contributed by atoms with van der Waals surface area (Å²) >= 11 is 8.70. The summed E-state index contributed by atoms with van der Waals surface area (Å²) in [4.78, 5) is 24.4. The first-order valence-corrected chi connectivity index (χ1v) is 11.6. The summed E-state index contributed by atoms with van der Waals surface area (Å²) in [6.07, 6.45) is 4.75. The van der Waals surface area contributed by atoms with E-state index in [0.29, 0.717) is 35.7 Å². The highest BCUT2D eigenvalue weighted by molar-refractivity contribution is 9.10. The smallest absolute Gasteiger partial charge is 0.261 e. The molecule has 0 heterocycles. The molecule has 0 aliphatic rings. The number of ether oxygens (including phenoxy) is 1. The molecule has 0 saturated carbocycles. The molecule has 0 unspecified atom stereocenters. The fourth-order valence-electron chi connectivity index (χ4n) is 2.77. The summed E-state index contributed by atoms with van der Waals surface area (Å²) in [6, 6.07) is 12.4. The van der Waals surface area contributed by atoms with Gasteiger partial charge < -0.3 is 15.4 Å². The summed E-state index contributed by atoms with van der Waals surface area (Å²) in [6.45, 7) is 4.50. The number of hydrogen-bond acceptors (Lipinski definition) is 4. The summed E-state index contributed by atoms with van der Waals surface area (Å²) < 4.78 is 6.61. The Morgan fingerprint density at radius 3 is 2.45 bits per heavy atom. The molecular formula is C23H28BrN3O3S. The van der Waals surface area contributed by atoms with Crippen molar-refractivity contribution in [3.63, 3.8) is 0 Å². The van der Waals surface area contributed by atoms with E-state index in [0.717, 1.165) is 23.7 Å². The number of hydrogen-bond donors (Lipinski definition) is 3. The van der Waals surface area contributed by atoms with Crippen LogP contribution in [0.1, 0.15) is 56.3 Å². The minimum Gasteiger partial charge on any atom is -0.493 e. The topological polar surface area (TPSA) is 79.5 Å². The molecule has 2 amide bonds. The van der Waals surface area contributed by atoms with E-state index >= 15 is 0 Å². The molecule has 2 rings (SSSR count). The standard InChI is InChI=1S/C23H28BrN3O3S/c1-3-5-6-7-13-30-20-12-11-16(24)14-19(20)22(29)27-23(31)26-18-10-8-9-17(15-18)25-21(28)4-2/h8-12,14-15H,3-7,13H2,1-2H3,(H,25,28)(H2,26,27,29,31). The van der Waals surface area contributed by atoms with E-state index in [1.165, 1.54) is 6.42 Å². The molecule has 0 radical (unpaired) electrons. The number of amides is 2. The van der Waals surface area contributed by atoms with Gasteiger partial charge in [0.1, 0.15) is 5.75 Å². The van der Waals surface area contributed by atoms with E-state index in [2.05, 4.69) is 38.8 Å². The van der Waals surface area contributed by atoms with E-state index in [4.69, 9.17) is 17.0 Å². The van der Waals surface area contributed by atoms with Gasteiger partial charge in [-0.3, -0.25) is 14.9 Å². The van der Waals surface area contributed by atoms with Crippen molar-refractivity contribution in [3.8, 4) is 5.75 Å². The Labute approximate surface area is 197 Å². The van der Waals surface area contributed by atoms with Crippen LogP contribution in [0.4, 0.5) is 11.4 Å².